The first-order valence-electron chi connectivity index (χ1n) is 10.5. The smallest absolute Gasteiger partial charge is 0.416 e. The fourth-order valence-electron chi connectivity index (χ4n) is 3.23. The van der Waals surface area contributed by atoms with Crippen LogP contribution in [0.3, 0.4) is 0 Å². The van der Waals surface area contributed by atoms with E-state index in [-0.39, 0.29) is 23.5 Å². The first-order chi connectivity index (χ1) is 15.9. The molecule has 1 fully saturated rings. The summed E-state index contributed by atoms with van der Waals surface area (Å²) in [5.41, 5.74) is -1.10. The average Bonchev–Trinajstić information content (AvgIpc) is 2.77. The van der Waals surface area contributed by atoms with Crippen molar-refractivity contribution in [2.45, 2.75) is 32.5 Å². The number of anilines is 1. The highest BCUT2D eigenvalue weighted by atomic mass is 19.4. The Morgan fingerprint density at radius 1 is 0.941 bits per heavy atom. The van der Waals surface area contributed by atoms with Gasteiger partial charge in [-0.15, -0.1) is 0 Å². The lowest BCUT2D eigenvalue weighted by atomic mass is 10.1. The van der Waals surface area contributed by atoms with Crippen LogP contribution in [0.5, 0.6) is 23.5 Å². The van der Waals surface area contributed by atoms with Crippen molar-refractivity contribution in [1.29, 1.82) is 0 Å². The minimum atomic E-state index is -4.57. The lowest BCUT2D eigenvalue weighted by molar-refractivity contribution is -0.137. The van der Waals surface area contributed by atoms with E-state index in [9.17, 15) is 18.0 Å². The third kappa shape index (κ3) is 6.33. The second-order valence-electron chi connectivity index (χ2n) is 8.47. The van der Waals surface area contributed by atoms with Crippen molar-refractivity contribution in [3.63, 3.8) is 0 Å². The molecule has 2 heterocycles. The number of aromatic nitrogens is 2. The molecule has 2 aromatic rings. The molecule has 1 aliphatic rings. The Morgan fingerprint density at radius 2 is 1.53 bits per heavy atom. The molecule has 34 heavy (non-hydrogen) atoms. The number of piperazine rings is 1. The van der Waals surface area contributed by atoms with Crippen molar-refractivity contribution in [1.82, 2.24) is 14.9 Å². The molecule has 1 aromatic heterocycles. The largest absolute Gasteiger partial charge is 0.481 e. The summed E-state index contributed by atoms with van der Waals surface area (Å²) < 4.78 is 61.4. The molecular formula is C22H27F3N4O5. The highest BCUT2D eigenvalue weighted by Gasteiger charge is 2.33. The zero-order chi connectivity index (χ0) is 25.1. The first kappa shape index (κ1) is 25.2. The van der Waals surface area contributed by atoms with E-state index < -0.39 is 23.4 Å². The Bertz CT molecular complexity index is 996. The van der Waals surface area contributed by atoms with Gasteiger partial charge in [0.15, 0.2) is 5.75 Å². The maximum absolute atomic E-state index is 13.4. The summed E-state index contributed by atoms with van der Waals surface area (Å²) in [6.45, 7) is 6.73. The number of benzene rings is 1. The van der Waals surface area contributed by atoms with Crippen LogP contribution < -0.4 is 19.1 Å². The number of alkyl halides is 3. The van der Waals surface area contributed by atoms with Gasteiger partial charge in [-0.3, -0.25) is 0 Å². The molecule has 1 aromatic carbocycles. The molecule has 3 rings (SSSR count). The van der Waals surface area contributed by atoms with Crippen molar-refractivity contribution in [3.8, 4) is 23.5 Å². The highest BCUT2D eigenvalue weighted by Crippen LogP contribution is 2.39. The van der Waals surface area contributed by atoms with E-state index in [4.69, 9.17) is 18.9 Å². The molecule has 1 aliphatic heterocycles. The number of carbonyl (C=O) groups is 1. The highest BCUT2D eigenvalue weighted by molar-refractivity contribution is 5.69. The summed E-state index contributed by atoms with van der Waals surface area (Å²) in [6.07, 6.45) is -5.01. The van der Waals surface area contributed by atoms with Crippen molar-refractivity contribution < 1.29 is 36.9 Å². The third-order valence-corrected chi connectivity index (χ3v) is 4.84. The summed E-state index contributed by atoms with van der Waals surface area (Å²) in [7, 11) is 2.76. The normalized spacial score (nSPS) is 14.6. The number of rotatable bonds is 5. The predicted octanol–water partition coefficient (Wildman–Crippen LogP) is 4.36. The van der Waals surface area contributed by atoms with E-state index in [2.05, 4.69) is 9.97 Å². The lowest BCUT2D eigenvalue weighted by Crippen LogP contribution is -2.50. The molecule has 12 heteroatoms. The summed E-state index contributed by atoms with van der Waals surface area (Å²) in [4.78, 5) is 23.8. The Kier molecular flexibility index (Phi) is 7.27. The molecule has 9 nitrogen and oxygen atoms in total. The fourth-order valence-corrected chi connectivity index (χ4v) is 3.23. The predicted molar refractivity (Wildman–Crippen MR) is 117 cm³/mol. The molecular weight excluding hydrogens is 457 g/mol. The van der Waals surface area contributed by atoms with Crippen molar-refractivity contribution in [2.24, 2.45) is 0 Å². The van der Waals surface area contributed by atoms with Crippen molar-refractivity contribution in [2.75, 3.05) is 45.3 Å². The van der Waals surface area contributed by atoms with Gasteiger partial charge in [0, 0.05) is 26.2 Å². The molecule has 0 atom stereocenters. The minimum absolute atomic E-state index is 0.0872. The van der Waals surface area contributed by atoms with Gasteiger partial charge in [0.2, 0.25) is 11.8 Å². The third-order valence-electron chi connectivity index (χ3n) is 4.84. The second-order valence-corrected chi connectivity index (χ2v) is 8.47. The maximum Gasteiger partial charge on any atom is 0.416 e. The van der Waals surface area contributed by atoms with Crippen LogP contribution in [-0.4, -0.2) is 67.0 Å². The van der Waals surface area contributed by atoms with Gasteiger partial charge < -0.3 is 28.7 Å². The van der Waals surface area contributed by atoms with Crippen LogP contribution in [0.4, 0.5) is 23.7 Å². The fraction of sp³-hybridized carbons (Fsp3) is 0.500. The standard InChI is InChI=1S/C22H27F3N4O5/c1-21(2,3)34-20(30)29-10-8-28(9-11-29)15-7-6-14(22(23,24)25)12-16(15)33-19-26-17(31-4)13-18(27-19)32-5/h6-7,12-13H,8-11H2,1-5H3. The maximum atomic E-state index is 13.4. The average molecular weight is 484 g/mol. The van der Waals surface area contributed by atoms with E-state index in [1.165, 1.54) is 26.4 Å². The number of methoxy groups -OCH3 is 2. The molecule has 0 aliphatic carbocycles. The van der Waals surface area contributed by atoms with Gasteiger partial charge in [0.25, 0.3) is 0 Å². The number of halogens is 3. The Balaban J connectivity index is 1.87. The molecule has 0 unspecified atom stereocenters. The number of amides is 1. The quantitative estimate of drug-likeness (QED) is 0.619. The van der Waals surface area contributed by atoms with Crippen molar-refractivity contribution >= 4 is 11.8 Å². The van der Waals surface area contributed by atoms with E-state index in [1.54, 1.807) is 25.7 Å². The monoisotopic (exact) mass is 484 g/mol. The van der Waals surface area contributed by atoms with Crippen LogP contribution in [0, 0.1) is 0 Å². The van der Waals surface area contributed by atoms with Crippen LogP contribution in [0.25, 0.3) is 0 Å². The van der Waals surface area contributed by atoms with Gasteiger partial charge in [0.1, 0.15) is 5.60 Å². The van der Waals surface area contributed by atoms with Gasteiger partial charge in [-0.1, -0.05) is 0 Å². The van der Waals surface area contributed by atoms with Crippen LogP contribution in [0.15, 0.2) is 24.3 Å². The molecule has 0 radical (unpaired) electrons. The molecule has 0 spiro atoms. The number of nitrogens with zero attached hydrogens (tertiary/aromatic N) is 4. The van der Waals surface area contributed by atoms with Crippen LogP contribution in [0.2, 0.25) is 0 Å². The van der Waals surface area contributed by atoms with E-state index in [1.807, 2.05) is 4.90 Å². The Labute approximate surface area is 195 Å². The molecule has 0 saturated carbocycles. The number of carbonyl (C=O) groups excluding carboxylic acids is 1. The Morgan fingerprint density at radius 3 is 2.03 bits per heavy atom. The summed E-state index contributed by atoms with van der Waals surface area (Å²) in [5, 5.41) is 0. The Hall–Kier alpha value is -3.44. The zero-order valence-corrected chi connectivity index (χ0v) is 19.6. The summed E-state index contributed by atoms with van der Waals surface area (Å²) in [5.74, 6) is 0.165. The van der Waals surface area contributed by atoms with Gasteiger partial charge in [-0.05, 0) is 39.0 Å². The van der Waals surface area contributed by atoms with E-state index in [0.29, 0.717) is 31.9 Å². The summed E-state index contributed by atoms with van der Waals surface area (Å²) >= 11 is 0. The molecule has 1 saturated heterocycles. The minimum Gasteiger partial charge on any atom is -0.481 e. The van der Waals surface area contributed by atoms with Crippen LogP contribution >= 0.6 is 0 Å². The lowest BCUT2D eigenvalue weighted by Gasteiger charge is -2.37. The van der Waals surface area contributed by atoms with E-state index in [0.717, 1.165) is 12.1 Å². The number of ether oxygens (including phenoxy) is 4. The molecule has 0 bridgehead atoms. The SMILES string of the molecule is COc1cc(OC)nc(Oc2cc(C(F)(F)F)ccc2N2CCN(C(=O)OC(C)(C)C)CC2)n1. The molecule has 0 N–H and O–H groups in total. The van der Waals surface area contributed by atoms with Gasteiger partial charge in [0.05, 0.1) is 31.5 Å². The molecule has 1 amide bonds. The van der Waals surface area contributed by atoms with Crippen LogP contribution in [-0.2, 0) is 10.9 Å². The number of hydrogen-bond donors (Lipinski definition) is 0. The van der Waals surface area contributed by atoms with Gasteiger partial charge in [-0.25, -0.2) is 4.79 Å². The van der Waals surface area contributed by atoms with E-state index >= 15 is 0 Å². The molecule has 186 valence electrons. The first-order valence-corrected chi connectivity index (χ1v) is 10.5. The topological polar surface area (TPSA) is 86.2 Å². The van der Waals surface area contributed by atoms with Gasteiger partial charge in [-0.2, -0.15) is 23.1 Å². The second kappa shape index (κ2) is 9.82. The number of hydrogen-bond acceptors (Lipinski definition) is 8. The van der Waals surface area contributed by atoms with Crippen molar-refractivity contribution in [3.05, 3.63) is 29.8 Å². The van der Waals surface area contributed by atoms with Crippen LogP contribution in [0.1, 0.15) is 26.3 Å². The van der Waals surface area contributed by atoms with Gasteiger partial charge >= 0.3 is 18.3 Å². The summed E-state index contributed by atoms with van der Waals surface area (Å²) in [6, 6.07) is 4.39. The zero-order valence-electron chi connectivity index (χ0n) is 19.6.